The summed E-state index contributed by atoms with van der Waals surface area (Å²) in [5.74, 6) is 6.62. The summed E-state index contributed by atoms with van der Waals surface area (Å²) in [5.41, 5.74) is 2.26. The molecule has 3 unspecified atom stereocenters. The van der Waals surface area contributed by atoms with Gasteiger partial charge in [0.05, 0.1) is 19.3 Å². The Hall–Kier alpha value is -3.45. The average molecular weight is 543 g/mol. The van der Waals surface area contributed by atoms with Gasteiger partial charge < -0.3 is 19.4 Å². The predicted molar refractivity (Wildman–Crippen MR) is 144 cm³/mol. The highest BCUT2D eigenvalue weighted by Crippen LogP contribution is 2.52. The number of esters is 1. The van der Waals surface area contributed by atoms with Gasteiger partial charge in [-0.2, -0.15) is 4.91 Å². The van der Waals surface area contributed by atoms with E-state index in [2.05, 4.69) is 34.0 Å². The smallest absolute Gasteiger partial charge is 0.305 e. The first kappa shape index (κ1) is 30.1. The number of allylic oxidation sites excluding steroid dienone is 1. The van der Waals surface area contributed by atoms with E-state index >= 15 is 0 Å². The van der Waals surface area contributed by atoms with Crippen molar-refractivity contribution in [3.8, 4) is 17.6 Å². The molecule has 212 valence electrons. The highest BCUT2D eigenvalue weighted by atomic mass is 16.9. The molecule has 1 aliphatic heterocycles. The van der Waals surface area contributed by atoms with Crippen LogP contribution in [-0.2, 0) is 20.8 Å². The van der Waals surface area contributed by atoms with Crippen molar-refractivity contribution in [1.82, 2.24) is 0 Å². The van der Waals surface area contributed by atoms with Crippen LogP contribution in [0.4, 0.5) is 0 Å². The Bertz CT molecular complexity index is 1080. The van der Waals surface area contributed by atoms with Crippen molar-refractivity contribution in [2.45, 2.75) is 76.9 Å². The minimum Gasteiger partial charge on any atom is -0.489 e. The van der Waals surface area contributed by atoms with E-state index in [1.807, 2.05) is 25.1 Å². The summed E-state index contributed by atoms with van der Waals surface area (Å²) < 4.78 is 11.6. The number of ether oxygens (including phenoxy) is 2. The molecule has 10 nitrogen and oxygen atoms in total. The molecule has 1 aliphatic carbocycles. The molecule has 0 amide bonds. The molecule has 1 N–H and O–H groups in total. The van der Waals surface area contributed by atoms with Crippen LogP contribution in [0.3, 0.4) is 0 Å². The van der Waals surface area contributed by atoms with Crippen LogP contribution in [0.5, 0.6) is 5.75 Å². The maximum atomic E-state index is 12.2. The molecule has 2 aliphatic rings. The van der Waals surface area contributed by atoms with Crippen molar-refractivity contribution in [2.24, 2.45) is 22.9 Å². The molecule has 39 heavy (non-hydrogen) atoms. The first-order valence-electron chi connectivity index (χ1n) is 13.6. The van der Waals surface area contributed by atoms with Crippen LogP contribution in [0.2, 0.25) is 0 Å². The van der Waals surface area contributed by atoms with Gasteiger partial charge in [-0.3, -0.25) is 4.79 Å². The zero-order valence-corrected chi connectivity index (χ0v) is 22.6. The maximum absolute atomic E-state index is 12.2. The highest BCUT2D eigenvalue weighted by molar-refractivity contribution is 5.69. The number of aliphatic hydroxyl groups excluding tert-OH is 1. The van der Waals surface area contributed by atoms with Gasteiger partial charge in [-0.05, 0) is 56.4 Å². The van der Waals surface area contributed by atoms with Gasteiger partial charge in [-0.1, -0.05) is 42.5 Å². The van der Waals surface area contributed by atoms with Gasteiger partial charge in [0.1, 0.15) is 18.5 Å². The fourth-order valence-electron chi connectivity index (χ4n) is 5.29. The number of hydrogen-bond donors (Lipinski definition) is 1. The van der Waals surface area contributed by atoms with Gasteiger partial charge >= 0.3 is 5.97 Å². The third kappa shape index (κ3) is 8.79. The van der Waals surface area contributed by atoms with Crippen LogP contribution in [0.15, 0.2) is 35.5 Å². The number of nitroso groups, excluding NO2 is 1. The number of hydrogen-bond acceptors (Lipinski definition) is 9. The lowest BCUT2D eigenvalue weighted by Gasteiger charge is -2.17. The number of para-hydroxylation sites is 1. The molecule has 10 heteroatoms. The second-order valence-corrected chi connectivity index (χ2v) is 10.3. The van der Waals surface area contributed by atoms with Crippen LogP contribution in [-0.4, -0.2) is 48.1 Å². The fourth-order valence-corrected chi connectivity index (χ4v) is 5.29. The summed E-state index contributed by atoms with van der Waals surface area (Å²) in [6.45, 7) is 3.45. The largest absolute Gasteiger partial charge is 0.489 e. The van der Waals surface area contributed by atoms with Crippen LogP contribution in [0.1, 0.15) is 69.4 Å². The molecule has 0 radical (unpaired) electrons. The summed E-state index contributed by atoms with van der Waals surface area (Å²) >= 11 is 0. The molecule has 0 saturated heterocycles. The van der Waals surface area contributed by atoms with E-state index in [0.29, 0.717) is 25.2 Å². The highest BCUT2D eigenvalue weighted by Gasteiger charge is 2.44. The second-order valence-electron chi connectivity index (χ2n) is 10.3. The van der Waals surface area contributed by atoms with Gasteiger partial charge in [-0.15, -0.1) is 22.0 Å². The number of rotatable bonds is 16. The summed E-state index contributed by atoms with van der Waals surface area (Å²) in [6.07, 6.45) is 8.02. The van der Waals surface area contributed by atoms with E-state index in [9.17, 15) is 24.9 Å². The van der Waals surface area contributed by atoms with E-state index in [-0.39, 0.29) is 56.5 Å². The van der Waals surface area contributed by atoms with E-state index in [1.165, 1.54) is 5.56 Å². The summed E-state index contributed by atoms with van der Waals surface area (Å²) in [6, 6.07) is 6.18. The van der Waals surface area contributed by atoms with Crippen molar-refractivity contribution in [3.63, 3.8) is 0 Å². The zero-order chi connectivity index (χ0) is 28.2. The second kappa shape index (κ2) is 15.2. The molecule has 0 spiro atoms. The predicted octanol–water partition coefficient (Wildman–Crippen LogP) is 4.75. The van der Waals surface area contributed by atoms with Gasteiger partial charge in [0.2, 0.25) is 0 Å². The first-order chi connectivity index (χ1) is 18.8. The number of carbonyl (C=O) groups excluding carboxylic acids is 1. The van der Waals surface area contributed by atoms with Crippen LogP contribution in [0.25, 0.3) is 0 Å². The number of nitrogens with zero attached hydrogens (tertiary/aromatic N) is 2. The van der Waals surface area contributed by atoms with Crippen LogP contribution < -0.4 is 4.74 Å². The molecular weight excluding hydrogens is 504 g/mol. The molecule has 1 aromatic rings. The molecular formula is C29H38N2O8. The summed E-state index contributed by atoms with van der Waals surface area (Å²) in [4.78, 5) is 37.3. The number of aryl methyl sites for hydroxylation is 1. The van der Waals surface area contributed by atoms with Gasteiger partial charge in [0, 0.05) is 30.2 Å². The van der Waals surface area contributed by atoms with Crippen molar-refractivity contribution in [3.05, 3.63) is 56.5 Å². The Kier molecular flexibility index (Phi) is 11.7. The number of fused-ring (bicyclic) bond motifs is 3. The quantitative estimate of drug-likeness (QED) is 0.0788. The lowest BCUT2D eigenvalue weighted by atomic mass is 9.86. The Morgan fingerprint density at radius 2 is 2.21 bits per heavy atom. The van der Waals surface area contributed by atoms with Crippen molar-refractivity contribution >= 4 is 5.97 Å². The van der Waals surface area contributed by atoms with Gasteiger partial charge in [0.15, 0.2) is 0 Å². The molecule has 0 aromatic heterocycles. The minimum absolute atomic E-state index is 0.0433. The number of benzene rings is 1. The van der Waals surface area contributed by atoms with E-state index < -0.39 is 17.1 Å². The number of carbonyl (C=O) groups is 1. The summed E-state index contributed by atoms with van der Waals surface area (Å²) in [5, 5.41) is 22.7. The Morgan fingerprint density at radius 3 is 2.95 bits per heavy atom. The summed E-state index contributed by atoms with van der Waals surface area (Å²) in [7, 11) is 0. The van der Waals surface area contributed by atoms with Crippen molar-refractivity contribution in [2.75, 3.05) is 19.8 Å². The third-order valence-corrected chi connectivity index (χ3v) is 7.51. The molecule has 1 heterocycles. The van der Waals surface area contributed by atoms with E-state index in [0.717, 1.165) is 24.2 Å². The molecule has 0 bridgehead atoms. The molecule has 1 aromatic carbocycles. The fraction of sp³-hybridized carbons (Fsp3) is 0.621. The van der Waals surface area contributed by atoms with E-state index in [4.69, 9.17) is 9.47 Å². The lowest BCUT2D eigenvalue weighted by Crippen LogP contribution is -2.18. The van der Waals surface area contributed by atoms with Gasteiger partial charge in [0.25, 0.3) is 5.09 Å². The SMILES string of the molecule is CC#CCC(C)[C@@H](O)/C=C/[C@@H]1CCC2Oc3c(CCCC(=O)OCCC(CN=O)CO[N+](=O)[O-])cccc3[C@H]21. The maximum Gasteiger partial charge on any atom is 0.305 e. The normalized spacial score (nSPS) is 21.6. The van der Waals surface area contributed by atoms with E-state index in [1.54, 1.807) is 6.92 Å². The first-order valence-corrected chi connectivity index (χ1v) is 13.6. The molecule has 3 rings (SSSR count). The average Bonchev–Trinajstić information content (AvgIpc) is 3.49. The lowest BCUT2D eigenvalue weighted by molar-refractivity contribution is -0.759. The molecule has 1 saturated carbocycles. The third-order valence-electron chi connectivity index (χ3n) is 7.51. The topological polar surface area (TPSA) is 138 Å². The zero-order valence-electron chi connectivity index (χ0n) is 22.6. The Morgan fingerprint density at radius 1 is 1.38 bits per heavy atom. The number of aliphatic hydroxyl groups is 1. The monoisotopic (exact) mass is 542 g/mol. The van der Waals surface area contributed by atoms with Crippen LogP contribution in [0, 0.1) is 44.6 Å². The van der Waals surface area contributed by atoms with Gasteiger partial charge in [-0.25, -0.2) is 0 Å². The standard InChI is InChI=1S/C29H38N2O8/c1-3-4-7-20(2)25(32)14-12-22-13-15-26-28(22)24-10-5-8-23(29(24)39-26)9-6-11-27(33)37-17-16-21(18-30-34)19-38-31(35)36/h5,8,10,12,14,20-22,25-26,28,32H,6-7,9,11,13,15-19H2,1-2H3/b14-12+/t20?,21?,22-,25+,26?,28-/m1/s1. The van der Waals surface area contributed by atoms with Crippen molar-refractivity contribution in [1.29, 1.82) is 0 Å². The molecule has 1 fully saturated rings. The Balaban J connectivity index is 1.49. The Labute approximate surface area is 229 Å². The van der Waals surface area contributed by atoms with Crippen LogP contribution >= 0.6 is 0 Å². The molecule has 6 atom stereocenters. The van der Waals surface area contributed by atoms with Crippen molar-refractivity contribution < 1.29 is 29.3 Å². The minimum atomic E-state index is -0.922.